The fraction of sp³-hybridized carbons (Fsp3) is 0.389. The lowest BCUT2D eigenvalue weighted by Crippen LogP contribution is -2.40. The lowest BCUT2D eigenvalue weighted by atomic mass is 10.2. The quantitative estimate of drug-likeness (QED) is 0.934. The number of hydrogen-bond donors (Lipinski definition) is 1. The third-order valence-electron chi connectivity index (χ3n) is 4.62. The number of nitrogens with zero attached hydrogens (tertiary/aromatic N) is 2. The van der Waals surface area contributed by atoms with Gasteiger partial charge >= 0.3 is 5.97 Å². The van der Waals surface area contributed by atoms with Gasteiger partial charge in [0.25, 0.3) is 5.91 Å². The fourth-order valence-corrected chi connectivity index (χ4v) is 3.21. The molecule has 2 aromatic rings. The van der Waals surface area contributed by atoms with Gasteiger partial charge in [0, 0.05) is 18.0 Å². The van der Waals surface area contributed by atoms with Crippen LogP contribution in [-0.4, -0.2) is 39.5 Å². The van der Waals surface area contributed by atoms with Crippen molar-refractivity contribution in [2.24, 2.45) is 0 Å². The Balaban J connectivity index is 1.70. The molecule has 0 bridgehead atoms. The third-order valence-corrected chi connectivity index (χ3v) is 4.62. The molecular weight excluding hydrogens is 308 g/mol. The molecule has 1 aromatic carbocycles. The molecule has 24 heavy (non-hydrogen) atoms. The number of carboxylic acid groups (broad SMARTS) is 1. The van der Waals surface area contributed by atoms with E-state index < -0.39 is 12.0 Å². The monoisotopic (exact) mass is 326 g/mol. The minimum absolute atomic E-state index is 0.222. The molecule has 0 spiro atoms. The zero-order chi connectivity index (χ0) is 16.7. The maximum atomic E-state index is 12.9. The van der Waals surface area contributed by atoms with Crippen LogP contribution in [0.2, 0.25) is 0 Å². The summed E-state index contributed by atoms with van der Waals surface area (Å²) >= 11 is 0. The molecule has 1 amide bonds. The SMILES string of the molecule is O=C(O)C1CCCN1C(=O)c1nc(-c2ccccc2)oc1C1CC1. The normalized spacial score (nSPS) is 20.3. The van der Waals surface area contributed by atoms with E-state index in [1.807, 2.05) is 30.3 Å². The number of aromatic nitrogens is 1. The molecule has 0 radical (unpaired) electrons. The van der Waals surface area contributed by atoms with Crippen LogP contribution in [0.3, 0.4) is 0 Å². The Bertz CT molecular complexity index is 780. The van der Waals surface area contributed by atoms with Gasteiger partial charge in [-0.2, -0.15) is 0 Å². The average molecular weight is 326 g/mol. The molecule has 124 valence electrons. The molecule has 1 saturated heterocycles. The van der Waals surface area contributed by atoms with Gasteiger partial charge in [-0.1, -0.05) is 18.2 Å². The number of hydrogen-bond acceptors (Lipinski definition) is 4. The van der Waals surface area contributed by atoms with E-state index in [9.17, 15) is 14.7 Å². The Labute approximate surface area is 139 Å². The van der Waals surface area contributed by atoms with Gasteiger partial charge in [0.15, 0.2) is 5.69 Å². The van der Waals surface area contributed by atoms with E-state index in [2.05, 4.69) is 4.98 Å². The number of carboxylic acids is 1. The summed E-state index contributed by atoms with van der Waals surface area (Å²) in [5.74, 6) is -0.0325. The Morgan fingerprint density at radius 2 is 1.92 bits per heavy atom. The van der Waals surface area contributed by atoms with E-state index >= 15 is 0 Å². The van der Waals surface area contributed by atoms with Crippen molar-refractivity contribution in [3.63, 3.8) is 0 Å². The number of aliphatic carboxylic acids is 1. The maximum Gasteiger partial charge on any atom is 0.326 e. The van der Waals surface area contributed by atoms with Crippen LogP contribution in [0.4, 0.5) is 0 Å². The maximum absolute atomic E-state index is 12.9. The fourth-order valence-electron chi connectivity index (χ4n) is 3.21. The Hall–Kier alpha value is -2.63. The average Bonchev–Trinajstić information content (AvgIpc) is 3.15. The highest BCUT2D eigenvalue weighted by atomic mass is 16.4. The first-order chi connectivity index (χ1) is 11.6. The van der Waals surface area contributed by atoms with Crippen molar-refractivity contribution in [3.8, 4) is 11.5 Å². The van der Waals surface area contributed by atoms with Crippen LogP contribution in [0.15, 0.2) is 34.7 Å². The molecular formula is C18H18N2O4. The van der Waals surface area contributed by atoms with Crippen LogP contribution in [0.25, 0.3) is 11.5 Å². The molecule has 2 fully saturated rings. The molecule has 1 atom stereocenters. The van der Waals surface area contributed by atoms with E-state index in [1.165, 1.54) is 4.90 Å². The summed E-state index contributed by atoms with van der Waals surface area (Å²) in [5.41, 5.74) is 1.10. The second kappa shape index (κ2) is 5.78. The lowest BCUT2D eigenvalue weighted by molar-refractivity contribution is -0.141. The van der Waals surface area contributed by atoms with Gasteiger partial charge in [0.05, 0.1) is 0 Å². The second-order valence-corrected chi connectivity index (χ2v) is 6.37. The largest absolute Gasteiger partial charge is 0.480 e. The van der Waals surface area contributed by atoms with Gasteiger partial charge in [-0.25, -0.2) is 9.78 Å². The summed E-state index contributed by atoms with van der Waals surface area (Å²) in [6, 6.07) is 8.68. The van der Waals surface area contributed by atoms with Crippen LogP contribution >= 0.6 is 0 Å². The highest BCUT2D eigenvalue weighted by Gasteiger charge is 2.40. The Kier molecular flexibility index (Phi) is 3.59. The molecule has 1 aromatic heterocycles. The van der Waals surface area contributed by atoms with Crippen LogP contribution in [0, 0.1) is 0 Å². The van der Waals surface area contributed by atoms with Crippen LogP contribution in [-0.2, 0) is 4.79 Å². The second-order valence-electron chi connectivity index (χ2n) is 6.37. The summed E-state index contributed by atoms with van der Waals surface area (Å²) in [5, 5.41) is 9.32. The van der Waals surface area contributed by atoms with E-state index in [-0.39, 0.29) is 17.5 Å². The zero-order valence-electron chi connectivity index (χ0n) is 13.1. The molecule has 1 saturated carbocycles. The summed E-state index contributed by atoms with van der Waals surface area (Å²) in [6.07, 6.45) is 3.15. The van der Waals surface area contributed by atoms with Gasteiger partial charge in [-0.3, -0.25) is 4.79 Å². The van der Waals surface area contributed by atoms with Gasteiger partial charge in [-0.15, -0.1) is 0 Å². The van der Waals surface area contributed by atoms with Crippen LogP contribution in [0.1, 0.15) is 47.8 Å². The summed E-state index contributed by atoms with van der Waals surface area (Å²) in [4.78, 5) is 30.1. The number of rotatable bonds is 4. The molecule has 1 aliphatic carbocycles. The van der Waals surface area contributed by atoms with Crippen LogP contribution < -0.4 is 0 Å². The Morgan fingerprint density at radius 3 is 2.58 bits per heavy atom. The number of carbonyl (C=O) groups excluding carboxylic acids is 1. The molecule has 2 aliphatic rings. The van der Waals surface area contributed by atoms with Crippen molar-refractivity contribution < 1.29 is 19.1 Å². The molecule has 1 unspecified atom stereocenters. The molecule has 6 nitrogen and oxygen atoms in total. The molecule has 1 N–H and O–H groups in total. The highest BCUT2D eigenvalue weighted by Crippen LogP contribution is 2.43. The first-order valence-electron chi connectivity index (χ1n) is 8.25. The molecule has 4 rings (SSSR count). The van der Waals surface area contributed by atoms with E-state index in [1.54, 1.807) is 0 Å². The first-order valence-corrected chi connectivity index (χ1v) is 8.25. The van der Waals surface area contributed by atoms with Crippen molar-refractivity contribution in [1.29, 1.82) is 0 Å². The zero-order valence-corrected chi connectivity index (χ0v) is 13.1. The molecule has 6 heteroatoms. The standard InChI is InChI=1S/C18H18N2O4/c21-17(20-10-4-7-13(20)18(22)23)14-15(11-8-9-11)24-16(19-14)12-5-2-1-3-6-12/h1-3,5-6,11,13H,4,7-10H2,(H,22,23). The molecule has 2 heterocycles. The highest BCUT2D eigenvalue weighted by molar-refractivity contribution is 5.96. The van der Waals surface area contributed by atoms with E-state index in [0.29, 0.717) is 31.0 Å². The van der Waals surface area contributed by atoms with Gasteiger partial charge in [-0.05, 0) is 37.8 Å². The number of likely N-dealkylation sites (tertiary alicyclic amines) is 1. The summed E-state index contributed by atoms with van der Waals surface area (Å²) in [7, 11) is 0. The van der Waals surface area contributed by atoms with Crippen molar-refractivity contribution in [1.82, 2.24) is 9.88 Å². The predicted molar refractivity (Wildman–Crippen MR) is 85.6 cm³/mol. The minimum atomic E-state index is -0.958. The smallest absolute Gasteiger partial charge is 0.326 e. The summed E-state index contributed by atoms with van der Waals surface area (Å²) in [6.45, 7) is 0.452. The third kappa shape index (κ3) is 2.58. The Morgan fingerprint density at radius 1 is 1.17 bits per heavy atom. The minimum Gasteiger partial charge on any atom is -0.480 e. The van der Waals surface area contributed by atoms with Crippen molar-refractivity contribution in [2.45, 2.75) is 37.6 Å². The van der Waals surface area contributed by atoms with Gasteiger partial charge < -0.3 is 14.4 Å². The van der Waals surface area contributed by atoms with Gasteiger partial charge in [0.1, 0.15) is 11.8 Å². The predicted octanol–water partition coefficient (Wildman–Crippen LogP) is 2.91. The van der Waals surface area contributed by atoms with E-state index in [4.69, 9.17) is 4.42 Å². The number of amides is 1. The van der Waals surface area contributed by atoms with Gasteiger partial charge in [0.2, 0.25) is 5.89 Å². The number of benzene rings is 1. The van der Waals surface area contributed by atoms with Crippen molar-refractivity contribution in [3.05, 3.63) is 41.8 Å². The summed E-state index contributed by atoms with van der Waals surface area (Å²) < 4.78 is 5.90. The first kappa shape index (κ1) is 14.9. The lowest BCUT2D eigenvalue weighted by Gasteiger charge is -2.20. The van der Waals surface area contributed by atoms with Crippen molar-refractivity contribution >= 4 is 11.9 Å². The van der Waals surface area contributed by atoms with E-state index in [0.717, 1.165) is 18.4 Å². The van der Waals surface area contributed by atoms with Crippen molar-refractivity contribution in [2.75, 3.05) is 6.54 Å². The number of oxazole rings is 1. The topological polar surface area (TPSA) is 83.6 Å². The number of carbonyl (C=O) groups is 2. The van der Waals surface area contributed by atoms with Crippen LogP contribution in [0.5, 0.6) is 0 Å². The molecule has 1 aliphatic heterocycles.